The van der Waals surface area contributed by atoms with Gasteiger partial charge in [-0.3, -0.25) is 0 Å². The molecule has 0 bridgehead atoms. The summed E-state index contributed by atoms with van der Waals surface area (Å²) in [5, 5.41) is 6.12. The van der Waals surface area contributed by atoms with Gasteiger partial charge in [-0.2, -0.15) is 9.97 Å². The fraction of sp³-hybridized carbons (Fsp3) is 0.448. The van der Waals surface area contributed by atoms with Crippen molar-refractivity contribution in [3.05, 3.63) is 64.8 Å². The average molecular weight is 647 g/mol. The number of nitrogens with zero attached hydrogens (tertiary/aromatic N) is 8. The lowest BCUT2D eigenvalue weighted by Gasteiger charge is -2.33. The predicted molar refractivity (Wildman–Crippen MR) is 164 cm³/mol. The van der Waals surface area contributed by atoms with Crippen molar-refractivity contribution >= 4 is 43.9 Å². The van der Waals surface area contributed by atoms with Crippen LogP contribution in [-0.2, 0) is 23.0 Å². The highest BCUT2D eigenvalue weighted by atomic mass is 35.5. The normalized spacial score (nSPS) is 17.4. The van der Waals surface area contributed by atoms with E-state index in [1.807, 2.05) is 30.3 Å². The molecule has 0 unspecified atom stereocenters. The first-order valence-corrected chi connectivity index (χ1v) is 16.4. The highest BCUT2D eigenvalue weighted by Gasteiger charge is 2.28. The molecule has 11 nitrogen and oxygen atoms in total. The zero-order chi connectivity index (χ0) is 31.0. The third kappa shape index (κ3) is 6.15. The first kappa shape index (κ1) is 30.4. The standard InChI is InChI=1S/C29H33ClF2N8O3S/c1-37-12-5-8-20(37)17-43-29-34-23-16-39(24-10-4-7-19-6-3-9-22(30)25(19)24)13-11-21(23)28(35-29)38(2)14-15-44(41,42)40-18-33-27(36-40)26(31)32/h3-4,6-7,9-10,18,20,26H,5,8,11-17H2,1-2H3/t20-/m0/s1. The fourth-order valence-electron chi connectivity index (χ4n) is 5.82. The SMILES string of the molecule is CN(CCS(=O)(=O)n1cnc(C(F)F)n1)c1nc(OC[C@@H]2CCCN2C)nc2c1CCN(c1cccc3cccc(Cl)c13)C2. The minimum Gasteiger partial charge on any atom is -0.462 e. The van der Waals surface area contributed by atoms with Crippen LogP contribution in [-0.4, -0.2) is 89.6 Å². The van der Waals surface area contributed by atoms with Gasteiger partial charge in [0.25, 0.3) is 16.4 Å². The highest BCUT2D eigenvalue weighted by molar-refractivity contribution is 7.89. The molecule has 0 N–H and O–H groups in total. The maximum atomic E-state index is 12.9. The summed E-state index contributed by atoms with van der Waals surface area (Å²) in [5.74, 6) is -0.654. The second-order valence-electron chi connectivity index (χ2n) is 11.1. The molecule has 2 aromatic heterocycles. The van der Waals surface area contributed by atoms with Crippen LogP contribution in [0.5, 0.6) is 6.01 Å². The minimum atomic E-state index is -4.04. The van der Waals surface area contributed by atoms with Crippen molar-refractivity contribution < 1.29 is 21.9 Å². The van der Waals surface area contributed by atoms with E-state index in [1.54, 1.807) is 11.9 Å². The van der Waals surface area contributed by atoms with Gasteiger partial charge in [-0.25, -0.2) is 22.2 Å². The molecule has 2 aromatic carbocycles. The van der Waals surface area contributed by atoms with Crippen molar-refractivity contribution in [2.24, 2.45) is 0 Å². The number of likely N-dealkylation sites (tertiary alicyclic amines) is 1. The van der Waals surface area contributed by atoms with Crippen molar-refractivity contribution in [2.45, 2.75) is 38.3 Å². The Morgan fingerprint density at radius 1 is 1.16 bits per heavy atom. The Kier molecular flexibility index (Phi) is 8.57. The van der Waals surface area contributed by atoms with Crippen LogP contribution in [0.1, 0.15) is 36.3 Å². The fourth-order valence-corrected chi connectivity index (χ4v) is 7.19. The molecule has 44 heavy (non-hydrogen) atoms. The van der Waals surface area contributed by atoms with Crippen molar-refractivity contribution in [1.82, 2.24) is 29.0 Å². The van der Waals surface area contributed by atoms with Gasteiger partial charge in [0.1, 0.15) is 18.8 Å². The summed E-state index contributed by atoms with van der Waals surface area (Å²) in [6.45, 7) is 2.63. The van der Waals surface area contributed by atoms with Crippen LogP contribution in [0, 0.1) is 0 Å². The van der Waals surface area contributed by atoms with Gasteiger partial charge in [0, 0.05) is 42.8 Å². The van der Waals surface area contributed by atoms with E-state index in [9.17, 15) is 17.2 Å². The Morgan fingerprint density at radius 3 is 2.68 bits per heavy atom. The van der Waals surface area contributed by atoms with Crippen LogP contribution >= 0.6 is 11.6 Å². The number of rotatable bonds is 10. The summed E-state index contributed by atoms with van der Waals surface area (Å²) in [5.41, 5.74) is 2.69. The largest absolute Gasteiger partial charge is 0.462 e. The van der Waals surface area contributed by atoms with Crippen molar-refractivity contribution in [2.75, 3.05) is 55.9 Å². The minimum absolute atomic E-state index is 0.0309. The van der Waals surface area contributed by atoms with Gasteiger partial charge in [0.15, 0.2) is 0 Å². The van der Waals surface area contributed by atoms with Gasteiger partial charge in [-0.05, 0) is 50.4 Å². The second-order valence-corrected chi connectivity index (χ2v) is 13.5. The van der Waals surface area contributed by atoms with Crippen LogP contribution in [0.4, 0.5) is 20.3 Å². The van der Waals surface area contributed by atoms with E-state index in [1.165, 1.54) is 0 Å². The molecule has 0 saturated carbocycles. The molecule has 2 aliphatic rings. The van der Waals surface area contributed by atoms with E-state index in [2.05, 4.69) is 33.0 Å². The summed E-state index contributed by atoms with van der Waals surface area (Å²) in [6, 6.07) is 12.4. The molecule has 1 fully saturated rings. The molecule has 4 aromatic rings. The second kappa shape index (κ2) is 12.4. The lowest BCUT2D eigenvalue weighted by Crippen LogP contribution is -2.35. The van der Waals surface area contributed by atoms with Gasteiger partial charge < -0.3 is 19.4 Å². The molecule has 4 heterocycles. The third-order valence-electron chi connectivity index (χ3n) is 8.29. The van der Waals surface area contributed by atoms with Crippen molar-refractivity contribution in [3.8, 4) is 6.01 Å². The Labute approximate surface area is 259 Å². The first-order chi connectivity index (χ1) is 21.1. The predicted octanol–water partition coefficient (Wildman–Crippen LogP) is 4.16. The van der Waals surface area contributed by atoms with Crippen LogP contribution < -0.4 is 14.5 Å². The van der Waals surface area contributed by atoms with E-state index < -0.39 is 28.0 Å². The van der Waals surface area contributed by atoms with Crippen molar-refractivity contribution in [1.29, 1.82) is 0 Å². The number of ether oxygens (including phenoxy) is 1. The summed E-state index contributed by atoms with van der Waals surface area (Å²) in [6.07, 6.45) is 0.564. The third-order valence-corrected chi connectivity index (χ3v) is 10.0. The van der Waals surface area contributed by atoms with Gasteiger partial charge in [0.05, 0.1) is 23.0 Å². The molecule has 0 aliphatic carbocycles. The topological polar surface area (TPSA) is 110 Å². The molecule has 1 saturated heterocycles. The summed E-state index contributed by atoms with van der Waals surface area (Å²) in [4.78, 5) is 19.2. The maximum Gasteiger partial charge on any atom is 0.318 e. The molecule has 6 rings (SSSR count). The number of benzene rings is 2. The summed E-state index contributed by atoms with van der Waals surface area (Å²) < 4.78 is 58.3. The highest BCUT2D eigenvalue weighted by Crippen LogP contribution is 2.36. The lowest BCUT2D eigenvalue weighted by molar-refractivity contribution is 0.140. The van der Waals surface area contributed by atoms with Crippen LogP contribution in [0.15, 0.2) is 42.7 Å². The molecule has 2 aliphatic heterocycles. The number of halogens is 3. The zero-order valence-electron chi connectivity index (χ0n) is 24.4. The van der Waals surface area contributed by atoms with Crippen LogP contribution in [0.25, 0.3) is 10.8 Å². The summed E-state index contributed by atoms with van der Waals surface area (Å²) in [7, 11) is -0.222. The first-order valence-electron chi connectivity index (χ1n) is 14.4. The van der Waals surface area contributed by atoms with Gasteiger partial charge in [-0.15, -0.1) is 9.19 Å². The Morgan fingerprint density at radius 2 is 1.95 bits per heavy atom. The van der Waals surface area contributed by atoms with Crippen LogP contribution in [0.2, 0.25) is 5.02 Å². The number of alkyl halides is 2. The number of likely N-dealkylation sites (N-methyl/N-ethyl adjacent to an activating group) is 1. The number of fused-ring (bicyclic) bond motifs is 2. The molecular weight excluding hydrogens is 614 g/mol. The number of anilines is 2. The van der Waals surface area contributed by atoms with Gasteiger partial charge in [0.2, 0.25) is 5.82 Å². The Hall–Kier alpha value is -3.62. The molecule has 1 atom stereocenters. The van der Waals surface area contributed by atoms with E-state index in [-0.39, 0.29) is 18.6 Å². The maximum absolute atomic E-state index is 12.9. The monoisotopic (exact) mass is 646 g/mol. The van der Waals surface area contributed by atoms with Crippen molar-refractivity contribution in [3.63, 3.8) is 0 Å². The molecular formula is C29H33ClF2N8O3S. The van der Waals surface area contributed by atoms with E-state index in [4.69, 9.17) is 26.3 Å². The summed E-state index contributed by atoms with van der Waals surface area (Å²) >= 11 is 6.64. The average Bonchev–Trinajstić information content (AvgIpc) is 3.68. The van der Waals surface area contributed by atoms with E-state index in [0.717, 1.165) is 53.4 Å². The lowest BCUT2D eigenvalue weighted by atomic mass is 10.0. The molecule has 0 amide bonds. The van der Waals surface area contributed by atoms with E-state index >= 15 is 0 Å². The smallest absolute Gasteiger partial charge is 0.318 e. The number of hydrogen-bond acceptors (Lipinski definition) is 10. The molecule has 0 spiro atoms. The Balaban J connectivity index is 1.28. The van der Waals surface area contributed by atoms with Gasteiger partial charge >= 0.3 is 6.01 Å². The Bertz CT molecular complexity index is 1770. The molecule has 15 heteroatoms. The van der Waals surface area contributed by atoms with Gasteiger partial charge in [-0.1, -0.05) is 35.9 Å². The molecule has 0 radical (unpaired) electrons. The molecule has 234 valence electrons. The number of aromatic nitrogens is 5. The number of hydrogen-bond donors (Lipinski definition) is 0. The van der Waals surface area contributed by atoms with Crippen LogP contribution in [0.3, 0.4) is 0 Å². The van der Waals surface area contributed by atoms with E-state index in [0.29, 0.717) is 41.0 Å². The quantitative estimate of drug-likeness (QED) is 0.249. The zero-order valence-corrected chi connectivity index (χ0v) is 26.0.